The first-order valence-corrected chi connectivity index (χ1v) is 4.83. The van der Waals surface area contributed by atoms with Crippen LogP contribution in [0.25, 0.3) is 0 Å². The monoisotopic (exact) mass is 186 g/mol. The first kappa shape index (κ1) is 9.59. The minimum atomic E-state index is 0.505. The van der Waals surface area contributed by atoms with Gasteiger partial charge in [-0.25, -0.2) is 4.98 Å². The number of aromatic nitrogens is 2. The van der Waals surface area contributed by atoms with Crippen LogP contribution in [0.3, 0.4) is 0 Å². The first-order chi connectivity index (χ1) is 5.74. The predicted octanol–water partition coefficient (Wildman–Crippen LogP) is 2.67. The van der Waals surface area contributed by atoms with Gasteiger partial charge in [0.05, 0.1) is 5.88 Å². The maximum absolute atomic E-state index is 5.71. The van der Waals surface area contributed by atoms with E-state index >= 15 is 0 Å². The van der Waals surface area contributed by atoms with Gasteiger partial charge in [-0.3, -0.25) is 0 Å². The highest BCUT2D eigenvalue weighted by Crippen LogP contribution is 2.06. The van der Waals surface area contributed by atoms with Gasteiger partial charge >= 0.3 is 0 Å². The molecule has 0 radical (unpaired) electrons. The molecular formula is C9H15ClN2. The number of aryl methyl sites for hydroxylation is 1. The Labute approximate surface area is 78.6 Å². The summed E-state index contributed by atoms with van der Waals surface area (Å²) in [7, 11) is 0. The zero-order valence-corrected chi connectivity index (χ0v) is 8.38. The second-order valence-electron chi connectivity index (χ2n) is 3.35. The topological polar surface area (TPSA) is 17.8 Å². The number of hydrogen-bond acceptors (Lipinski definition) is 1. The van der Waals surface area contributed by atoms with Gasteiger partial charge in [0.1, 0.15) is 5.82 Å². The van der Waals surface area contributed by atoms with Crippen LogP contribution in [-0.4, -0.2) is 9.55 Å². The second kappa shape index (κ2) is 4.51. The van der Waals surface area contributed by atoms with Crippen LogP contribution in [0, 0.1) is 5.92 Å². The van der Waals surface area contributed by atoms with E-state index in [9.17, 15) is 0 Å². The van der Waals surface area contributed by atoms with E-state index in [2.05, 4.69) is 23.4 Å². The molecule has 0 amide bonds. The van der Waals surface area contributed by atoms with Crippen molar-refractivity contribution in [2.45, 2.75) is 32.7 Å². The molecule has 0 fully saturated rings. The Balaban J connectivity index is 2.50. The lowest BCUT2D eigenvalue weighted by atomic mass is 10.1. The van der Waals surface area contributed by atoms with Crippen LogP contribution in [0.15, 0.2) is 12.4 Å². The molecule has 1 aromatic heterocycles. The summed E-state index contributed by atoms with van der Waals surface area (Å²) in [6.45, 7) is 5.47. The predicted molar refractivity (Wildman–Crippen MR) is 51.2 cm³/mol. The summed E-state index contributed by atoms with van der Waals surface area (Å²) in [5.74, 6) is 2.21. The minimum absolute atomic E-state index is 0.505. The van der Waals surface area contributed by atoms with E-state index in [-0.39, 0.29) is 0 Å². The van der Waals surface area contributed by atoms with Crippen LogP contribution >= 0.6 is 11.6 Å². The van der Waals surface area contributed by atoms with Gasteiger partial charge in [-0.05, 0) is 12.3 Å². The van der Waals surface area contributed by atoms with E-state index in [1.54, 1.807) is 6.20 Å². The number of imidazole rings is 1. The summed E-state index contributed by atoms with van der Waals surface area (Å²) in [5.41, 5.74) is 0. The molecule has 3 heteroatoms. The SMILES string of the molecule is CC(C)CCn1ccnc1CCl. The van der Waals surface area contributed by atoms with E-state index in [4.69, 9.17) is 11.6 Å². The van der Waals surface area contributed by atoms with Crippen LogP contribution < -0.4 is 0 Å². The zero-order valence-electron chi connectivity index (χ0n) is 7.63. The Kier molecular flexibility index (Phi) is 3.60. The third-order valence-electron chi connectivity index (χ3n) is 1.87. The number of rotatable bonds is 4. The van der Waals surface area contributed by atoms with Crippen molar-refractivity contribution in [1.29, 1.82) is 0 Å². The zero-order chi connectivity index (χ0) is 8.97. The number of hydrogen-bond donors (Lipinski definition) is 0. The highest BCUT2D eigenvalue weighted by Gasteiger charge is 2.01. The van der Waals surface area contributed by atoms with Crippen LogP contribution in [0.4, 0.5) is 0 Å². The van der Waals surface area contributed by atoms with E-state index < -0.39 is 0 Å². The molecule has 0 aliphatic heterocycles. The molecule has 0 saturated heterocycles. The van der Waals surface area contributed by atoms with E-state index in [0.29, 0.717) is 5.88 Å². The maximum atomic E-state index is 5.71. The van der Waals surface area contributed by atoms with E-state index in [1.165, 1.54) is 6.42 Å². The molecule has 1 aromatic rings. The summed E-state index contributed by atoms with van der Waals surface area (Å²) in [6.07, 6.45) is 4.97. The molecule has 0 saturated carbocycles. The Morgan fingerprint density at radius 1 is 1.58 bits per heavy atom. The van der Waals surface area contributed by atoms with Gasteiger partial charge in [-0.15, -0.1) is 11.6 Å². The average Bonchev–Trinajstić information content (AvgIpc) is 2.47. The molecular weight excluding hydrogens is 172 g/mol. The minimum Gasteiger partial charge on any atom is -0.334 e. The van der Waals surface area contributed by atoms with Crippen LogP contribution in [0.1, 0.15) is 26.1 Å². The Bertz CT molecular complexity index is 230. The van der Waals surface area contributed by atoms with E-state index in [1.807, 2.05) is 6.20 Å². The van der Waals surface area contributed by atoms with Gasteiger partial charge in [-0.2, -0.15) is 0 Å². The van der Waals surface area contributed by atoms with Crippen molar-refractivity contribution in [3.05, 3.63) is 18.2 Å². The molecule has 0 spiro atoms. The number of halogens is 1. The van der Waals surface area contributed by atoms with Crippen LogP contribution in [-0.2, 0) is 12.4 Å². The average molecular weight is 187 g/mol. The van der Waals surface area contributed by atoms with Gasteiger partial charge in [0, 0.05) is 18.9 Å². The summed E-state index contributed by atoms with van der Waals surface area (Å²) in [4.78, 5) is 4.14. The fourth-order valence-corrected chi connectivity index (χ4v) is 1.29. The molecule has 0 unspecified atom stereocenters. The lowest BCUT2D eigenvalue weighted by Crippen LogP contribution is -2.03. The molecule has 0 aliphatic rings. The van der Waals surface area contributed by atoms with Crippen molar-refractivity contribution in [1.82, 2.24) is 9.55 Å². The third-order valence-corrected chi connectivity index (χ3v) is 2.11. The molecule has 0 atom stereocenters. The Hall–Kier alpha value is -0.500. The second-order valence-corrected chi connectivity index (χ2v) is 3.62. The van der Waals surface area contributed by atoms with E-state index in [0.717, 1.165) is 18.3 Å². The summed E-state index contributed by atoms with van der Waals surface area (Å²) < 4.78 is 2.12. The van der Waals surface area contributed by atoms with Gasteiger partial charge in [-0.1, -0.05) is 13.8 Å². The van der Waals surface area contributed by atoms with Crippen molar-refractivity contribution in [3.8, 4) is 0 Å². The molecule has 2 nitrogen and oxygen atoms in total. The normalized spacial score (nSPS) is 11.0. The molecule has 68 valence electrons. The highest BCUT2D eigenvalue weighted by atomic mass is 35.5. The van der Waals surface area contributed by atoms with Crippen molar-refractivity contribution < 1.29 is 0 Å². The van der Waals surface area contributed by atoms with Gasteiger partial charge in [0.25, 0.3) is 0 Å². The van der Waals surface area contributed by atoms with Gasteiger partial charge < -0.3 is 4.57 Å². The van der Waals surface area contributed by atoms with Crippen molar-refractivity contribution in [2.75, 3.05) is 0 Å². The summed E-state index contributed by atoms with van der Waals surface area (Å²) in [5, 5.41) is 0. The summed E-state index contributed by atoms with van der Waals surface area (Å²) in [6, 6.07) is 0. The summed E-state index contributed by atoms with van der Waals surface area (Å²) >= 11 is 5.71. The molecule has 0 bridgehead atoms. The van der Waals surface area contributed by atoms with Gasteiger partial charge in [0.15, 0.2) is 0 Å². The fraction of sp³-hybridized carbons (Fsp3) is 0.667. The largest absolute Gasteiger partial charge is 0.334 e. The van der Waals surface area contributed by atoms with Crippen molar-refractivity contribution >= 4 is 11.6 Å². The third kappa shape index (κ3) is 2.52. The molecule has 0 aliphatic carbocycles. The van der Waals surface area contributed by atoms with Crippen LogP contribution in [0.2, 0.25) is 0 Å². The van der Waals surface area contributed by atoms with Crippen LogP contribution in [0.5, 0.6) is 0 Å². The quantitative estimate of drug-likeness (QED) is 0.662. The lowest BCUT2D eigenvalue weighted by Gasteiger charge is -2.07. The molecule has 0 aromatic carbocycles. The van der Waals surface area contributed by atoms with Gasteiger partial charge in [0.2, 0.25) is 0 Å². The van der Waals surface area contributed by atoms with Crippen molar-refractivity contribution in [3.63, 3.8) is 0 Å². The molecule has 12 heavy (non-hydrogen) atoms. The standard InChI is InChI=1S/C9H15ClN2/c1-8(2)3-5-12-6-4-11-9(12)7-10/h4,6,8H,3,5,7H2,1-2H3. The Morgan fingerprint density at radius 3 is 2.92 bits per heavy atom. The molecule has 1 rings (SSSR count). The number of nitrogens with zero attached hydrogens (tertiary/aromatic N) is 2. The molecule has 0 N–H and O–H groups in total. The Morgan fingerprint density at radius 2 is 2.33 bits per heavy atom. The van der Waals surface area contributed by atoms with Crippen molar-refractivity contribution in [2.24, 2.45) is 5.92 Å². The molecule has 1 heterocycles. The lowest BCUT2D eigenvalue weighted by molar-refractivity contribution is 0.509. The smallest absolute Gasteiger partial charge is 0.123 e. The highest BCUT2D eigenvalue weighted by molar-refractivity contribution is 6.16. The first-order valence-electron chi connectivity index (χ1n) is 4.30. The number of alkyl halides is 1. The maximum Gasteiger partial charge on any atom is 0.123 e. The fourth-order valence-electron chi connectivity index (χ4n) is 1.07.